The molecular weight excluding hydrogens is 356 g/mol. The number of piperidine rings is 1. The molecular formula is C13H18N4O7S. The van der Waals surface area contributed by atoms with Crippen LogP contribution in [-0.2, 0) is 14.7 Å². The normalized spacial score (nSPS) is 28.7. The van der Waals surface area contributed by atoms with Gasteiger partial charge in [-0.2, -0.15) is 13.5 Å². The minimum atomic E-state index is -4.80. The third-order valence-corrected chi connectivity index (χ3v) is 5.60. The molecule has 2 aliphatic heterocycles. The molecule has 11 nitrogen and oxygen atoms in total. The van der Waals surface area contributed by atoms with Crippen molar-refractivity contribution in [1.29, 1.82) is 0 Å². The molecule has 0 radical (unpaired) electrons. The number of aliphatic hydroxyl groups excluding tert-OH is 1. The van der Waals surface area contributed by atoms with Gasteiger partial charge in [0.25, 0.3) is 0 Å². The molecule has 4 rings (SSSR count). The Balaban J connectivity index is 1.64. The van der Waals surface area contributed by atoms with E-state index in [1.165, 1.54) is 4.90 Å². The van der Waals surface area contributed by atoms with Gasteiger partial charge in [0.05, 0.1) is 6.04 Å². The number of nitrogens with zero attached hydrogens (tertiary/aromatic N) is 4. The largest absolute Gasteiger partial charge is 0.420 e. The van der Waals surface area contributed by atoms with Crippen molar-refractivity contribution in [3.63, 3.8) is 0 Å². The zero-order valence-electron chi connectivity index (χ0n) is 13.4. The van der Waals surface area contributed by atoms with Crippen LogP contribution >= 0.6 is 0 Å². The third-order valence-electron chi connectivity index (χ3n) is 5.25. The highest BCUT2D eigenvalue weighted by molar-refractivity contribution is 7.80. The molecule has 25 heavy (non-hydrogen) atoms. The van der Waals surface area contributed by atoms with E-state index in [1.54, 1.807) is 6.92 Å². The molecule has 0 aromatic carbocycles. The van der Waals surface area contributed by atoms with Crippen molar-refractivity contribution in [2.24, 2.45) is 5.41 Å². The predicted molar refractivity (Wildman–Crippen MR) is 78.9 cm³/mol. The highest BCUT2D eigenvalue weighted by Crippen LogP contribution is 2.61. The number of carbonyl (C=O) groups is 1. The zero-order valence-corrected chi connectivity index (χ0v) is 14.2. The number of hydrogen-bond donors (Lipinski definition) is 2. The van der Waals surface area contributed by atoms with Gasteiger partial charge >= 0.3 is 16.4 Å². The van der Waals surface area contributed by atoms with Gasteiger partial charge in [-0.25, -0.2) is 4.79 Å². The molecule has 1 aromatic rings. The van der Waals surface area contributed by atoms with Crippen molar-refractivity contribution < 1.29 is 31.6 Å². The summed E-state index contributed by atoms with van der Waals surface area (Å²) in [5, 5.41) is 18.3. The molecule has 2 saturated heterocycles. The fraction of sp³-hybridized carbons (Fsp3) is 0.769. The lowest BCUT2D eigenvalue weighted by Crippen LogP contribution is -2.43. The molecule has 3 atom stereocenters. The summed E-state index contributed by atoms with van der Waals surface area (Å²) in [7, 11) is -4.80. The molecule has 1 saturated carbocycles. The van der Waals surface area contributed by atoms with Gasteiger partial charge in [0.2, 0.25) is 11.8 Å². The number of hydroxylamine groups is 2. The van der Waals surface area contributed by atoms with E-state index in [2.05, 4.69) is 14.5 Å². The SMILES string of the molecule is CC[C@H](O)c1nnc([C@@H]2CC3(CC3)[C@@H]3CN2C(=O)N3OS(=O)(=O)O)o1. The van der Waals surface area contributed by atoms with E-state index in [0.717, 1.165) is 17.9 Å². The number of aromatic nitrogens is 2. The quantitative estimate of drug-likeness (QED) is 0.706. The second-order valence-corrected chi connectivity index (χ2v) is 7.77. The smallest absolute Gasteiger partial charge is 0.418 e. The number of hydrogen-bond acceptors (Lipinski definition) is 8. The van der Waals surface area contributed by atoms with Gasteiger partial charge in [0.1, 0.15) is 12.1 Å². The first kappa shape index (κ1) is 16.7. The third kappa shape index (κ3) is 2.69. The van der Waals surface area contributed by atoms with E-state index in [4.69, 9.17) is 8.97 Å². The van der Waals surface area contributed by atoms with Crippen LogP contribution in [0.1, 0.15) is 56.5 Å². The molecule has 1 spiro atoms. The Bertz CT molecular complexity index is 805. The molecule has 3 fully saturated rings. The summed E-state index contributed by atoms with van der Waals surface area (Å²) in [4.78, 5) is 14.0. The van der Waals surface area contributed by atoms with Crippen LogP contribution in [0.25, 0.3) is 0 Å². The monoisotopic (exact) mass is 374 g/mol. The fourth-order valence-electron chi connectivity index (χ4n) is 3.73. The van der Waals surface area contributed by atoms with Crippen molar-refractivity contribution in [3.05, 3.63) is 11.8 Å². The molecule has 12 heteroatoms. The van der Waals surface area contributed by atoms with E-state index >= 15 is 0 Å². The van der Waals surface area contributed by atoms with Crippen LogP contribution in [-0.4, -0.2) is 56.9 Å². The van der Waals surface area contributed by atoms with Crippen LogP contribution < -0.4 is 0 Å². The minimum absolute atomic E-state index is 0.0853. The van der Waals surface area contributed by atoms with Crippen LogP contribution in [0.5, 0.6) is 0 Å². The second kappa shape index (κ2) is 5.37. The average molecular weight is 374 g/mol. The number of urea groups is 1. The van der Waals surface area contributed by atoms with E-state index in [1.807, 2.05) is 0 Å². The maximum Gasteiger partial charge on any atom is 0.418 e. The lowest BCUT2D eigenvalue weighted by molar-refractivity contribution is -0.0530. The molecule has 2 amide bonds. The Morgan fingerprint density at radius 1 is 1.44 bits per heavy atom. The lowest BCUT2D eigenvalue weighted by Gasteiger charge is -2.34. The molecule has 2 bridgehead atoms. The Morgan fingerprint density at radius 2 is 2.16 bits per heavy atom. The van der Waals surface area contributed by atoms with Crippen LogP contribution in [0.15, 0.2) is 4.42 Å². The summed E-state index contributed by atoms with van der Waals surface area (Å²) in [5.41, 5.74) is -0.296. The van der Waals surface area contributed by atoms with Crippen molar-refractivity contribution >= 4 is 16.4 Å². The topological polar surface area (TPSA) is 146 Å². The van der Waals surface area contributed by atoms with E-state index < -0.39 is 34.6 Å². The van der Waals surface area contributed by atoms with Crippen molar-refractivity contribution in [3.8, 4) is 0 Å². The maximum absolute atomic E-state index is 12.6. The Labute approximate surface area is 143 Å². The number of fused-ring (bicyclic) bond motifs is 3. The van der Waals surface area contributed by atoms with Crippen LogP contribution in [0.4, 0.5) is 4.79 Å². The van der Waals surface area contributed by atoms with Crippen molar-refractivity contribution in [2.45, 2.75) is 50.8 Å². The minimum Gasteiger partial charge on any atom is -0.420 e. The summed E-state index contributed by atoms with van der Waals surface area (Å²) >= 11 is 0. The maximum atomic E-state index is 12.6. The molecule has 0 unspecified atom stereocenters. The lowest BCUT2D eigenvalue weighted by atomic mass is 9.85. The highest BCUT2D eigenvalue weighted by Gasteiger charge is 2.64. The summed E-state index contributed by atoms with van der Waals surface area (Å²) < 4.78 is 41.1. The zero-order chi connectivity index (χ0) is 18.0. The van der Waals surface area contributed by atoms with Crippen molar-refractivity contribution in [2.75, 3.05) is 6.54 Å². The molecule has 2 N–H and O–H groups in total. The first-order valence-corrected chi connectivity index (χ1v) is 9.39. The van der Waals surface area contributed by atoms with Gasteiger partial charge in [0.15, 0.2) is 0 Å². The molecule has 138 valence electrons. The molecule has 3 heterocycles. The first-order valence-electron chi connectivity index (χ1n) is 8.02. The standard InChI is InChI=1S/C13H18N4O7S/c1-2-8(18)11-15-14-10(23-11)7-5-13(3-4-13)9-6-16(7)12(19)17(9)24-25(20,21)22/h7-9,18H,2-6H2,1H3,(H,20,21,22)/t7-,8-,9-/m0/s1. The van der Waals surface area contributed by atoms with Gasteiger partial charge in [-0.3, -0.25) is 4.55 Å². The summed E-state index contributed by atoms with van der Waals surface area (Å²) in [5.74, 6) is 0.288. The van der Waals surface area contributed by atoms with E-state index in [9.17, 15) is 18.3 Å². The number of carbonyl (C=O) groups excluding carboxylic acids is 1. The fourth-order valence-corrected chi connectivity index (χ4v) is 4.10. The van der Waals surface area contributed by atoms with Gasteiger partial charge in [-0.15, -0.1) is 14.5 Å². The highest BCUT2D eigenvalue weighted by atomic mass is 32.3. The Hall–Kier alpha value is -1.76. The van der Waals surface area contributed by atoms with Crippen molar-refractivity contribution in [1.82, 2.24) is 20.2 Å². The van der Waals surface area contributed by atoms with Crippen LogP contribution in [0.3, 0.4) is 0 Å². The van der Waals surface area contributed by atoms with Gasteiger partial charge in [-0.05, 0) is 31.1 Å². The number of rotatable bonds is 5. The Kier molecular flexibility index (Phi) is 3.58. The van der Waals surface area contributed by atoms with Gasteiger partial charge in [-0.1, -0.05) is 6.92 Å². The molecule has 1 aromatic heterocycles. The van der Waals surface area contributed by atoms with E-state index in [-0.39, 0.29) is 23.7 Å². The van der Waals surface area contributed by atoms with Gasteiger partial charge < -0.3 is 14.4 Å². The van der Waals surface area contributed by atoms with Crippen LogP contribution in [0, 0.1) is 5.41 Å². The van der Waals surface area contributed by atoms with E-state index in [0.29, 0.717) is 12.8 Å². The van der Waals surface area contributed by atoms with Gasteiger partial charge in [0, 0.05) is 6.54 Å². The first-order chi connectivity index (χ1) is 11.7. The predicted octanol–water partition coefficient (Wildman–Crippen LogP) is 0.579. The molecule has 3 aliphatic rings. The summed E-state index contributed by atoms with van der Waals surface area (Å²) in [6.07, 6.45) is 1.68. The number of amides is 2. The summed E-state index contributed by atoms with van der Waals surface area (Å²) in [6.45, 7) is 2.01. The number of aliphatic hydroxyl groups is 1. The average Bonchev–Trinajstić information content (AvgIpc) is 3.04. The second-order valence-electron chi connectivity index (χ2n) is 6.76. The molecule has 1 aliphatic carbocycles. The van der Waals surface area contributed by atoms with Crippen LogP contribution in [0.2, 0.25) is 0 Å². The summed E-state index contributed by atoms with van der Waals surface area (Å²) in [6, 6.07) is -1.65. The Morgan fingerprint density at radius 3 is 2.76 bits per heavy atom.